The van der Waals surface area contributed by atoms with Crippen LogP contribution in [0.5, 0.6) is 0 Å². The molecule has 1 rings (SSSR count). The van der Waals surface area contributed by atoms with Gasteiger partial charge in [0.15, 0.2) is 0 Å². The minimum Gasteiger partial charge on any atom is -0.206 e. The molecule has 0 aliphatic carbocycles. The zero-order valence-corrected chi connectivity index (χ0v) is 13.0. The van der Waals surface area contributed by atoms with Gasteiger partial charge in [0.2, 0.25) is 0 Å². The van der Waals surface area contributed by atoms with Gasteiger partial charge >= 0.3 is 0 Å². The number of aryl methyl sites for hydroxylation is 1. The van der Waals surface area contributed by atoms with Crippen LogP contribution in [0.15, 0.2) is 14.1 Å². The van der Waals surface area contributed by atoms with Crippen molar-refractivity contribution in [2.24, 2.45) is 0 Å². The van der Waals surface area contributed by atoms with E-state index >= 15 is 0 Å². The fourth-order valence-corrected chi connectivity index (χ4v) is 5.04. The summed E-state index contributed by atoms with van der Waals surface area (Å²) in [6, 6.07) is 1.73. The van der Waals surface area contributed by atoms with E-state index in [9.17, 15) is 8.42 Å². The molecule has 0 aliphatic rings. The van der Waals surface area contributed by atoms with E-state index in [-0.39, 0.29) is 6.04 Å². The van der Waals surface area contributed by atoms with E-state index < -0.39 is 10.0 Å². The van der Waals surface area contributed by atoms with Crippen LogP contribution < -0.4 is 0 Å². The van der Waals surface area contributed by atoms with Crippen LogP contribution in [0.2, 0.25) is 0 Å². The van der Waals surface area contributed by atoms with Gasteiger partial charge in [-0.25, -0.2) is 8.42 Å². The van der Waals surface area contributed by atoms with Crippen molar-refractivity contribution >= 4 is 37.3 Å². The average Bonchev–Trinajstić information content (AvgIpc) is 2.57. The van der Waals surface area contributed by atoms with Gasteiger partial charge in [-0.05, 0) is 47.8 Å². The topological polar surface area (TPSA) is 37.4 Å². The zero-order chi connectivity index (χ0) is 12.5. The molecule has 1 aromatic heterocycles. The van der Waals surface area contributed by atoms with Crippen molar-refractivity contribution in [2.75, 3.05) is 7.05 Å². The third-order valence-electron chi connectivity index (χ3n) is 2.68. The van der Waals surface area contributed by atoms with Crippen molar-refractivity contribution in [2.45, 2.75) is 37.4 Å². The Balaban J connectivity index is 3.11. The first-order valence-corrected chi connectivity index (χ1v) is 8.09. The molecule has 0 amide bonds. The van der Waals surface area contributed by atoms with Crippen LogP contribution in [0, 0.1) is 6.92 Å². The van der Waals surface area contributed by atoms with Gasteiger partial charge in [-0.15, -0.1) is 11.3 Å². The van der Waals surface area contributed by atoms with E-state index in [4.69, 9.17) is 0 Å². The maximum atomic E-state index is 12.2. The molecule has 0 spiro atoms. The van der Waals surface area contributed by atoms with E-state index in [0.29, 0.717) is 4.21 Å². The van der Waals surface area contributed by atoms with E-state index in [1.165, 1.54) is 15.6 Å². The van der Waals surface area contributed by atoms with E-state index in [1.54, 1.807) is 13.1 Å². The van der Waals surface area contributed by atoms with E-state index in [0.717, 1.165) is 15.8 Å². The highest BCUT2D eigenvalue weighted by atomic mass is 79.9. The lowest BCUT2D eigenvalue weighted by Crippen LogP contribution is -2.34. The largest absolute Gasteiger partial charge is 0.252 e. The van der Waals surface area contributed by atoms with Crippen LogP contribution in [0.25, 0.3) is 0 Å². The lowest BCUT2D eigenvalue weighted by Gasteiger charge is -2.22. The van der Waals surface area contributed by atoms with Crippen LogP contribution >= 0.6 is 27.3 Å². The van der Waals surface area contributed by atoms with Crippen LogP contribution in [0.4, 0.5) is 0 Å². The Hall–Kier alpha value is 0.0900. The maximum absolute atomic E-state index is 12.2. The second-order valence-corrected chi connectivity index (χ2v) is 8.40. The number of sulfonamides is 1. The monoisotopic (exact) mass is 325 g/mol. The number of thiophene rings is 1. The lowest BCUT2D eigenvalue weighted by atomic mass is 10.3. The van der Waals surface area contributed by atoms with Crippen molar-refractivity contribution in [1.29, 1.82) is 0 Å². The molecule has 16 heavy (non-hydrogen) atoms. The normalized spacial score (nSPS) is 14.4. The Morgan fingerprint density at radius 1 is 1.56 bits per heavy atom. The van der Waals surface area contributed by atoms with Crippen molar-refractivity contribution in [3.63, 3.8) is 0 Å². The number of hydrogen-bond acceptors (Lipinski definition) is 3. The molecule has 1 unspecified atom stereocenters. The van der Waals surface area contributed by atoms with Gasteiger partial charge in [-0.3, -0.25) is 0 Å². The van der Waals surface area contributed by atoms with Crippen molar-refractivity contribution in [3.8, 4) is 0 Å². The number of hydrogen-bond donors (Lipinski definition) is 0. The Morgan fingerprint density at radius 2 is 2.12 bits per heavy atom. The number of halogens is 1. The molecule has 92 valence electrons. The van der Waals surface area contributed by atoms with Gasteiger partial charge in [-0.1, -0.05) is 6.92 Å². The molecular weight excluding hydrogens is 310 g/mol. The van der Waals surface area contributed by atoms with Crippen molar-refractivity contribution in [3.05, 3.63) is 15.4 Å². The predicted molar refractivity (Wildman–Crippen MR) is 71.5 cm³/mol. The summed E-state index contributed by atoms with van der Waals surface area (Å²) in [6.07, 6.45) is 0.807. The Bertz CT molecular complexity index is 448. The van der Waals surface area contributed by atoms with Crippen LogP contribution in [0.1, 0.15) is 25.8 Å². The Labute approximate surface area is 110 Å². The molecule has 0 N–H and O–H groups in total. The summed E-state index contributed by atoms with van der Waals surface area (Å²) in [5.74, 6) is 0. The molecule has 0 radical (unpaired) electrons. The van der Waals surface area contributed by atoms with Crippen molar-refractivity contribution in [1.82, 2.24) is 4.31 Å². The third kappa shape index (κ3) is 2.67. The Morgan fingerprint density at radius 3 is 2.50 bits per heavy atom. The zero-order valence-electron chi connectivity index (χ0n) is 9.82. The molecule has 1 atom stereocenters. The minimum atomic E-state index is -3.33. The quantitative estimate of drug-likeness (QED) is 0.852. The summed E-state index contributed by atoms with van der Waals surface area (Å²) in [5, 5.41) is 0. The van der Waals surface area contributed by atoms with Crippen LogP contribution in [-0.2, 0) is 10.0 Å². The standard InChI is InChI=1S/C10H16BrNO2S2/c1-5-8(3)12(4)16(13,14)9-6-7(2)10(11)15-9/h6,8H,5H2,1-4H3. The first-order chi connectivity index (χ1) is 7.30. The molecule has 1 heterocycles. The molecule has 1 aromatic rings. The molecule has 0 saturated heterocycles. The minimum absolute atomic E-state index is 0.0196. The highest BCUT2D eigenvalue weighted by molar-refractivity contribution is 9.11. The van der Waals surface area contributed by atoms with Crippen molar-refractivity contribution < 1.29 is 8.42 Å². The molecule has 0 aliphatic heterocycles. The molecular formula is C10H16BrNO2S2. The molecule has 6 heteroatoms. The first kappa shape index (κ1) is 14.2. The van der Waals surface area contributed by atoms with Crippen LogP contribution in [-0.4, -0.2) is 25.8 Å². The van der Waals surface area contributed by atoms with Gasteiger partial charge in [0.1, 0.15) is 4.21 Å². The smallest absolute Gasteiger partial charge is 0.206 e. The SMILES string of the molecule is CCC(C)N(C)S(=O)(=O)c1cc(C)c(Br)s1. The predicted octanol–water partition coefficient (Wildman–Crippen LogP) is 3.24. The van der Waals surface area contributed by atoms with Gasteiger partial charge in [0.05, 0.1) is 3.79 Å². The molecule has 3 nitrogen and oxygen atoms in total. The Kier molecular flexibility index (Phi) is 4.57. The number of rotatable bonds is 4. The molecule has 0 saturated carbocycles. The summed E-state index contributed by atoms with van der Waals surface area (Å²) in [5.41, 5.74) is 0.959. The summed E-state index contributed by atoms with van der Waals surface area (Å²) in [7, 11) is -1.70. The highest BCUT2D eigenvalue weighted by Crippen LogP contribution is 2.32. The summed E-state index contributed by atoms with van der Waals surface area (Å²) in [4.78, 5) is 0. The average molecular weight is 326 g/mol. The van der Waals surface area contributed by atoms with Gasteiger partial charge in [-0.2, -0.15) is 4.31 Å². The maximum Gasteiger partial charge on any atom is 0.252 e. The van der Waals surface area contributed by atoms with Gasteiger partial charge in [0, 0.05) is 13.1 Å². The van der Waals surface area contributed by atoms with Gasteiger partial charge < -0.3 is 0 Å². The lowest BCUT2D eigenvalue weighted by molar-refractivity contribution is 0.381. The summed E-state index contributed by atoms with van der Waals surface area (Å²) >= 11 is 4.61. The second-order valence-electron chi connectivity index (χ2n) is 3.80. The fraction of sp³-hybridized carbons (Fsp3) is 0.600. The second kappa shape index (κ2) is 5.16. The fourth-order valence-electron chi connectivity index (χ4n) is 1.19. The van der Waals surface area contributed by atoms with Gasteiger partial charge in [0.25, 0.3) is 10.0 Å². The van der Waals surface area contributed by atoms with Crippen LogP contribution in [0.3, 0.4) is 0 Å². The molecule has 0 bridgehead atoms. The third-order valence-corrected chi connectivity index (χ3v) is 7.24. The van der Waals surface area contributed by atoms with E-state index in [2.05, 4.69) is 15.9 Å². The highest BCUT2D eigenvalue weighted by Gasteiger charge is 2.26. The molecule has 0 aromatic carbocycles. The van der Waals surface area contributed by atoms with E-state index in [1.807, 2.05) is 20.8 Å². The summed E-state index contributed by atoms with van der Waals surface area (Å²) < 4.78 is 27.1. The summed E-state index contributed by atoms with van der Waals surface area (Å²) in [6.45, 7) is 5.78. The first-order valence-electron chi connectivity index (χ1n) is 5.04. The molecule has 0 fully saturated rings. The number of nitrogens with zero attached hydrogens (tertiary/aromatic N) is 1.